The molecule has 5 nitrogen and oxygen atoms in total. The van der Waals surface area contributed by atoms with Gasteiger partial charge in [-0.25, -0.2) is 0 Å². The number of carboxylic acid groups (broad SMARTS) is 1. The van der Waals surface area contributed by atoms with Crippen molar-refractivity contribution in [3.05, 3.63) is 107 Å². The lowest BCUT2D eigenvalue weighted by atomic mass is 9.79. The van der Waals surface area contributed by atoms with Gasteiger partial charge in [0.05, 0.1) is 6.04 Å². The number of hydrogen-bond acceptors (Lipinski definition) is 2. The minimum atomic E-state index is -0.941. The summed E-state index contributed by atoms with van der Waals surface area (Å²) in [4.78, 5) is 31.0. The maximum Gasteiger partial charge on any atom is 0.313 e. The Bertz CT molecular complexity index is 1250. The number of benzene rings is 3. The summed E-state index contributed by atoms with van der Waals surface area (Å²) in [6.45, 7) is 0.335. The molecule has 3 aromatic carbocycles. The Morgan fingerprint density at radius 2 is 1.60 bits per heavy atom. The number of H-pyrrole nitrogens is 1. The molecule has 1 aromatic heterocycles. The van der Waals surface area contributed by atoms with E-state index < -0.39 is 17.9 Å². The number of nitrogens with zero attached hydrogens (tertiary/aromatic N) is 1. The van der Waals surface area contributed by atoms with Crippen LogP contribution in [0.5, 0.6) is 0 Å². The SMILES string of the molecule is O=C(O)[C@H]1c2ccccc2C(=O)N(Cc2ccccc2)[C@@H]1c1c[nH]c2ccccc12. The molecule has 2 atom stereocenters. The summed E-state index contributed by atoms with van der Waals surface area (Å²) < 4.78 is 0. The van der Waals surface area contributed by atoms with Crippen molar-refractivity contribution in [1.82, 2.24) is 9.88 Å². The van der Waals surface area contributed by atoms with Crippen LogP contribution in [0.15, 0.2) is 85.1 Å². The molecule has 1 aliphatic heterocycles. The number of carbonyl (C=O) groups excluding carboxylic acids is 1. The third-order valence-corrected chi connectivity index (χ3v) is 5.84. The van der Waals surface area contributed by atoms with Crippen LogP contribution < -0.4 is 0 Å². The van der Waals surface area contributed by atoms with Crippen molar-refractivity contribution in [2.75, 3.05) is 0 Å². The van der Waals surface area contributed by atoms with Gasteiger partial charge in [-0.2, -0.15) is 0 Å². The minimum Gasteiger partial charge on any atom is -0.481 e. The lowest BCUT2D eigenvalue weighted by Gasteiger charge is -2.40. The van der Waals surface area contributed by atoms with Crippen LogP contribution >= 0.6 is 0 Å². The summed E-state index contributed by atoms with van der Waals surface area (Å²) in [5.41, 5.74) is 3.71. The molecule has 0 spiro atoms. The Balaban J connectivity index is 1.73. The second-order valence-corrected chi connectivity index (χ2v) is 7.56. The number of nitrogens with one attached hydrogen (secondary N) is 1. The first kappa shape index (κ1) is 18.2. The standard InChI is InChI=1S/C25H20N2O3/c28-24-19-12-5-4-11-18(19)22(25(29)30)23(27(24)15-16-8-2-1-3-9-16)20-14-26-21-13-7-6-10-17(20)21/h1-14,22-23,26H,15H2,(H,29,30)/t22-,23+/m0/s1. The van der Waals surface area contributed by atoms with Gasteiger partial charge in [-0.15, -0.1) is 0 Å². The van der Waals surface area contributed by atoms with Crippen molar-refractivity contribution >= 4 is 22.8 Å². The fourth-order valence-corrected chi connectivity index (χ4v) is 4.50. The van der Waals surface area contributed by atoms with Gasteiger partial charge in [-0.3, -0.25) is 9.59 Å². The molecule has 1 aliphatic rings. The zero-order valence-corrected chi connectivity index (χ0v) is 16.2. The molecule has 0 saturated heterocycles. The fourth-order valence-electron chi connectivity index (χ4n) is 4.50. The smallest absolute Gasteiger partial charge is 0.313 e. The monoisotopic (exact) mass is 396 g/mol. The van der Waals surface area contributed by atoms with Crippen LogP contribution in [0, 0.1) is 0 Å². The Morgan fingerprint density at radius 1 is 0.900 bits per heavy atom. The molecule has 5 rings (SSSR count). The van der Waals surface area contributed by atoms with Crippen molar-refractivity contribution in [3.8, 4) is 0 Å². The van der Waals surface area contributed by atoms with Crippen LogP contribution in [0.3, 0.4) is 0 Å². The number of rotatable bonds is 4. The fraction of sp³-hybridized carbons (Fsp3) is 0.120. The van der Waals surface area contributed by atoms with E-state index in [-0.39, 0.29) is 5.91 Å². The van der Waals surface area contributed by atoms with Crippen LogP contribution in [-0.2, 0) is 11.3 Å². The lowest BCUT2D eigenvalue weighted by molar-refractivity contribution is -0.140. The predicted octanol–water partition coefficient (Wildman–Crippen LogP) is 4.73. The first-order chi connectivity index (χ1) is 14.6. The van der Waals surface area contributed by atoms with Gasteiger partial charge in [0.25, 0.3) is 5.91 Å². The highest BCUT2D eigenvalue weighted by Gasteiger charge is 2.45. The molecule has 0 fully saturated rings. The normalized spacial score (nSPS) is 18.4. The number of amides is 1. The van der Waals surface area contributed by atoms with Gasteiger partial charge in [0, 0.05) is 34.8 Å². The zero-order valence-electron chi connectivity index (χ0n) is 16.2. The Labute approximate surface area is 173 Å². The molecule has 0 radical (unpaired) electrons. The van der Waals surface area contributed by atoms with E-state index in [9.17, 15) is 14.7 Å². The van der Waals surface area contributed by atoms with Gasteiger partial charge >= 0.3 is 5.97 Å². The highest BCUT2D eigenvalue weighted by Crippen LogP contribution is 2.45. The molecule has 0 bridgehead atoms. The van der Waals surface area contributed by atoms with E-state index in [2.05, 4.69) is 4.98 Å². The molecule has 0 saturated carbocycles. The van der Waals surface area contributed by atoms with Crippen molar-refractivity contribution in [3.63, 3.8) is 0 Å². The molecular weight excluding hydrogens is 376 g/mol. The maximum atomic E-state index is 13.6. The average Bonchev–Trinajstić information content (AvgIpc) is 3.20. The number of aromatic nitrogens is 1. The molecule has 1 amide bonds. The summed E-state index contributed by atoms with van der Waals surface area (Å²) >= 11 is 0. The zero-order chi connectivity index (χ0) is 20.7. The van der Waals surface area contributed by atoms with E-state index in [1.807, 2.05) is 60.8 Å². The molecule has 0 unspecified atom stereocenters. The topological polar surface area (TPSA) is 73.4 Å². The highest BCUT2D eigenvalue weighted by atomic mass is 16.4. The number of para-hydroxylation sites is 1. The molecular formula is C25H20N2O3. The minimum absolute atomic E-state index is 0.151. The molecule has 30 heavy (non-hydrogen) atoms. The molecule has 5 heteroatoms. The molecule has 0 aliphatic carbocycles. The Kier molecular flexibility index (Phi) is 4.36. The summed E-state index contributed by atoms with van der Waals surface area (Å²) in [5, 5.41) is 11.2. The van der Waals surface area contributed by atoms with Crippen molar-refractivity contribution in [2.24, 2.45) is 0 Å². The third kappa shape index (κ3) is 2.87. The number of fused-ring (bicyclic) bond motifs is 2. The summed E-state index contributed by atoms with van der Waals surface area (Å²) in [6.07, 6.45) is 1.84. The van der Waals surface area contributed by atoms with Gasteiger partial charge < -0.3 is 15.0 Å². The van der Waals surface area contributed by atoms with E-state index in [4.69, 9.17) is 0 Å². The number of aliphatic carboxylic acids is 1. The third-order valence-electron chi connectivity index (χ3n) is 5.84. The Morgan fingerprint density at radius 3 is 2.40 bits per heavy atom. The van der Waals surface area contributed by atoms with Crippen molar-refractivity contribution < 1.29 is 14.7 Å². The number of hydrogen-bond donors (Lipinski definition) is 2. The molecule has 4 aromatic rings. The van der Waals surface area contributed by atoms with Crippen LogP contribution in [0.1, 0.15) is 39.0 Å². The first-order valence-corrected chi connectivity index (χ1v) is 9.88. The van der Waals surface area contributed by atoms with Gasteiger partial charge in [-0.1, -0.05) is 66.7 Å². The van der Waals surface area contributed by atoms with E-state index in [1.54, 1.807) is 29.2 Å². The van der Waals surface area contributed by atoms with E-state index >= 15 is 0 Å². The van der Waals surface area contributed by atoms with Gasteiger partial charge in [-0.05, 0) is 23.3 Å². The molecule has 148 valence electrons. The number of carbonyl (C=O) groups is 2. The second-order valence-electron chi connectivity index (χ2n) is 7.56. The quantitative estimate of drug-likeness (QED) is 0.524. The van der Waals surface area contributed by atoms with E-state index in [1.165, 1.54) is 0 Å². The van der Waals surface area contributed by atoms with Crippen LogP contribution in [0.4, 0.5) is 0 Å². The van der Waals surface area contributed by atoms with Gasteiger partial charge in [0.1, 0.15) is 5.92 Å². The number of carboxylic acids is 1. The van der Waals surface area contributed by atoms with Crippen LogP contribution in [0.25, 0.3) is 10.9 Å². The van der Waals surface area contributed by atoms with Crippen LogP contribution in [-0.4, -0.2) is 26.9 Å². The van der Waals surface area contributed by atoms with Gasteiger partial charge in [0.2, 0.25) is 0 Å². The molecule has 2 heterocycles. The second kappa shape index (κ2) is 7.19. The van der Waals surface area contributed by atoms with Crippen molar-refractivity contribution in [2.45, 2.75) is 18.5 Å². The van der Waals surface area contributed by atoms with Crippen molar-refractivity contribution in [1.29, 1.82) is 0 Å². The molecule has 2 N–H and O–H groups in total. The van der Waals surface area contributed by atoms with E-state index in [0.717, 1.165) is 22.0 Å². The Hall–Kier alpha value is -3.86. The maximum absolute atomic E-state index is 13.6. The largest absolute Gasteiger partial charge is 0.481 e. The predicted molar refractivity (Wildman–Crippen MR) is 114 cm³/mol. The summed E-state index contributed by atoms with van der Waals surface area (Å²) in [6, 6.07) is 23.9. The average molecular weight is 396 g/mol. The number of aromatic amines is 1. The summed E-state index contributed by atoms with van der Waals surface area (Å²) in [7, 11) is 0. The lowest BCUT2D eigenvalue weighted by Crippen LogP contribution is -2.44. The van der Waals surface area contributed by atoms with E-state index in [0.29, 0.717) is 17.7 Å². The highest BCUT2D eigenvalue weighted by molar-refractivity contribution is 6.01. The first-order valence-electron chi connectivity index (χ1n) is 9.88. The van der Waals surface area contributed by atoms with Gasteiger partial charge in [0.15, 0.2) is 0 Å². The summed E-state index contributed by atoms with van der Waals surface area (Å²) in [5.74, 6) is -1.95. The van der Waals surface area contributed by atoms with Crippen LogP contribution in [0.2, 0.25) is 0 Å².